The van der Waals surface area contributed by atoms with E-state index in [2.05, 4.69) is 5.10 Å². The van der Waals surface area contributed by atoms with Crippen molar-refractivity contribution in [1.82, 2.24) is 23.9 Å². The number of carbonyl (C=O) groups excluding carboxylic acids is 1. The van der Waals surface area contributed by atoms with Gasteiger partial charge < -0.3 is 4.90 Å². The first-order valence-electron chi connectivity index (χ1n) is 8.96. The van der Waals surface area contributed by atoms with Crippen LogP contribution in [0, 0.1) is 0 Å². The highest BCUT2D eigenvalue weighted by molar-refractivity contribution is 7.89. The summed E-state index contributed by atoms with van der Waals surface area (Å²) >= 11 is 6.06. The molecule has 1 amide bonds. The number of likely N-dealkylation sites (N-methyl/N-ethyl adjacent to an activating group) is 1. The lowest BCUT2D eigenvalue weighted by Crippen LogP contribution is -2.51. The van der Waals surface area contributed by atoms with Crippen molar-refractivity contribution in [2.24, 2.45) is 7.05 Å². The first kappa shape index (κ1) is 20.8. The number of amides is 1. The van der Waals surface area contributed by atoms with E-state index in [0.29, 0.717) is 32.7 Å². The first-order chi connectivity index (χ1) is 13.3. The third kappa shape index (κ3) is 4.72. The van der Waals surface area contributed by atoms with Crippen LogP contribution in [0.15, 0.2) is 41.6 Å². The van der Waals surface area contributed by atoms with Gasteiger partial charge in [0.05, 0.1) is 17.8 Å². The van der Waals surface area contributed by atoms with Crippen molar-refractivity contribution < 1.29 is 13.2 Å². The Balaban J connectivity index is 1.54. The standard InChI is InChI=1S/C18H24ClN5O3S/c1-21(12-15-11-20-22(2)13-15)18(25)14-23-7-9-24(10-8-23)28(26,27)17-6-4-3-5-16(17)19/h3-6,11,13H,7-10,12,14H2,1-2H3. The number of hydrogen-bond donors (Lipinski definition) is 0. The number of sulfonamides is 1. The largest absolute Gasteiger partial charge is 0.340 e. The third-order valence-electron chi connectivity index (χ3n) is 4.75. The summed E-state index contributed by atoms with van der Waals surface area (Å²) in [5.41, 5.74) is 0.967. The van der Waals surface area contributed by atoms with Crippen molar-refractivity contribution in [3.05, 3.63) is 47.2 Å². The van der Waals surface area contributed by atoms with Gasteiger partial charge in [0.15, 0.2) is 0 Å². The third-order valence-corrected chi connectivity index (χ3v) is 7.15. The molecule has 0 atom stereocenters. The molecule has 1 fully saturated rings. The summed E-state index contributed by atoms with van der Waals surface area (Å²) in [4.78, 5) is 16.2. The van der Waals surface area contributed by atoms with Gasteiger partial charge in [-0.05, 0) is 12.1 Å². The Morgan fingerprint density at radius 3 is 2.50 bits per heavy atom. The highest BCUT2D eigenvalue weighted by atomic mass is 35.5. The zero-order valence-corrected chi connectivity index (χ0v) is 17.5. The van der Waals surface area contributed by atoms with Gasteiger partial charge >= 0.3 is 0 Å². The zero-order valence-electron chi connectivity index (χ0n) is 16.0. The van der Waals surface area contributed by atoms with Crippen LogP contribution in [0.3, 0.4) is 0 Å². The van der Waals surface area contributed by atoms with E-state index in [4.69, 9.17) is 11.6 Å². The van der Waals surface area contributed by atoms with Gasteiger partial charge in [0.1, 0.15) is 4.90 Å². The van der Waals surface area contributed by atoms with Gasteiger partial charge in [0.25, 0.3) is 0 Å². The minimum atomic E-state index is -3.63. The summed E-state index contributed by atoms with van der Waals surface area (Å²) in [7, 11) is -0.0370. The van der Waals surface area contributed by atoms with E-state index < -0.39 is 10.0 Å². The van der Waals surface area contributed by atoms with E-state index in [1.165, 1.54) is 10.4 Å². The second kappa shape index (κ2) is 8.60. The van der Waals surface area contributed by atoms with E-state index in [9.17, 15) is 13.2 Å². The van der Waals surface area contributed by atoms with Gasteiger partial charge in [-0.1, -0.05) is 23.7 Å². The smallest absolute Gasteiger partial charge is 0.244 e. The van der Waals surface area contributed by atoms with Crippen molar-refractivity contribution in [2.75, 3.05) is 39.8 Å². The molecule has 0 saturated carbocycles. The van der Waals surface area contributed by atoms with E-state index >= 15 is 0 Å². The fourth-order valence-electron chi connectivity index (χ4n) is 3.15. The SMILES string of the molecule is CN(Cc1cnn(C)c1)C(=O)CN1CCN(S(=O)(=O)c2ccccc2Cl)CC1. The van der Waals surface area contributed by atoms with Crippen LogP contribution in [-0.4, -0.2) is 78.0 Å². The number of aromatic nitrogens is 2. The second-order valence-electron chi connectivity index (χ2n) is 6.88. The highest BCUT2D eigenvalue weighted by Crippen LogP contribution is 2.25. The van der Waals surface area contributed by atoms with Crippen LogP contribution < -0.4 is 0 Å². The fourth-order valence-corrected chi connectivity index (χ4v) is 5.06. The lowest BCUT2D eigenvalue weighted by atomic mass is 10.3. The van der Waals surface area contributed by atoms with Crippen LogP contribution in [0.25, 0.3) is 0 Å². The molecule has 0 spiro atoms. The normalized spacial score (nSPS) is 16.2. The maximum atomic E-state index is 12.8. The number of piperazine rings is 1. The average Bonchev–Trinajstić information content (AvgIpc) is 3.07. The molecule has 0 radical (unpaired) electrons. The van der Waals surface area contributed by atoms with Gasteiger partial charge in [-0.2, -0.15) is 9.40 Å². The van der Waals surface area contributed by atoms with Crippen molar-refractivity contribution in [1.29, 1.82) is 0 Å². The Morgan fingerprint density at radius 2 is 1.89 bits per heavy atom. The fraction of sp³-hybridized carbons (Fsp3) is 0.444. The van der Waals surface area contributed by atoms with E-state index in [1.54, 1.807) is 41.0 Å². The number of hydrogen-bond acceptors (Lipinski definition) is 5. The lowest BCUT2D eigenvalue weighted by molar-refractivity contribution is -0.131. The highest BCUT2D eigenvalue weighted by Gasteiger charge is 2.30. The van der Waals surface area contributed by atoms with Crippen molar-refractivity contribution in [3.63, 3.8) is 0 Å². The summed E-state index contributed by atoms with van der Waals surface area (Å²) in [6.07, 6.45) is 3.62. The number of halogens is 1. The van der Waals surface area contributed by atoms with Gasteiger partial charge in [0, 0.05) is 58.6 Å². The molecule has 0 aliphatic carbocycles. The quantitative estimate of drug-likeness (QED) is 0.691. The minimum Gasteiger partial charge on any atom is -0.340 e. The number of nitrogens with zero attached hydrogens (tertiary/aromatic N) is 5. The maximum Gasteiger partial charge on any atom is 0.244 e. The first-order valence-corrected chi connectivity index (χ1v) is 10.8. The molecule has 1 aliphatic rings. The van der Waals surface area contributed by atoms with Crippen molar-refractivity contribution >= 4 is 27.5 Å². The predicted octanol–water partition coefficient (Wildman–Crippen LogP) is 1.04. The summed E-state index contributed by atoms with van der Waals surface area (Å²) in [6, 6.07) is 6.45. The van der Waals surface area contributed by atoms with Crippen molar-refractivity contribution in [3.8, 4) is 0 Å². The molecule has 10 heteroatoms. The summed E-state index contributed by atoms with van der Waals surface area (Å²) < 4.78 is 28.7. The number of benzene rings is 1. The molecule has 8 nitrogen and oxygen atoms in total. The topological polar surface area (TPSA) is 78.8 Å². The maximum absolute atomic E-state index is 12.8. The molecule has 1 aromatic heterocycles. The molecule has 0 unspecified atom stereocenters. The molecule has 1 aliphatic heterocycles. The summed E-state index contributed by atoms with van der Waals surface area (Å²) in [5, 5.41) is 4.32. The van der Waals surface area contributed by atoms with Gasteiger partial charge in [-0.15, -0.1) is 0 Å². The Bertz CT molecular complexity index is 938. The molecule has 2 heterocycles. The van der Waals surface area contributed by atoms with Gasteiger partial charge in [0.2, 0.25) is 15.9 Å². The monoisotopic (exact) mass is 425 g/mol. The van der Waals surface area contributed by atoms with Crippen LogP contribution in [0.2, 0.25) is 5.02 Å². The Hall–Kier alpha value is -1.94. The van der Waals surface area contributed by atoms with Crippen LogP contribution in [0.1, 0.15) is 5.56 Å². The molecule has 2 aromatic rings. The molecule has 28 heavy (non-hydrogen) atoms. The summed E-state index contributed by atoms with van der Waals surface area (Å²) in [5.74, 6) is -0.00809. The molecular formula is C18H24ClN5O3S. The van der Waals surface area contributed by atoms with Gasteiger partial charge in [-0.25, -0.2) is 8.42 Å². The summed E-state index contributed by atoms with van der Waals surface area (Å²) in [6.45, 7) is 2.40. The molecular weight excluding hydrogens is 402 g/mol. The van der Waals surface area contributed by atoms with E-state index in [1.807, 2.05) is 18.1 Å². The van der Waals surface area contributed by atoms with E-state index in [0.717, 1.165) is 5.56 Å². The molecule has 1 aromatic carbocycles. The molecule has 152 valence electrons. The Morgan fingerprint density at radius 1 is 1.21 bits per heavy atom. The molecule has 0 N–H and O–H groups in total. The minimum absolute atomic E-state index is 0.00809. The number of carbonyl (C=O) groups is 1. The molecule has 1 saturated heterocycles. The number of aryl methyl sites for hydroxylation is 1. The Kier molecular flexibility index (Phi) is 6.39. The van der Waals surface area contributed by atoms with E-state index in [-0.39, 0.29) is 22.4 Å². The van der Waals surface area contributed by atoms with Crippen LogP contribution >= 0.6 is 11.6 Å². The predicted molar refractivity (Wildman–Crippen MR) is 106 cm³/mol. The van der Waals surface area contributed by atoms with Crippen molar-refractivity contribution in [2.45, 2.75) is 11.4 Å². The molecule has 0 bridgehead atoms. The average molecular weight is 426 g/mol. The second-order valence-corrected chi connectivity index (χ2v) is 9.20. The van der Waals surface area contributed by atoms with Gasteiger partial charge in [-0.3, -0.25) is 14.4 Å². The zero-order chi connectivity index (χ0) is 20.3. The molecule has 3 rings (SSSR count). The number of rotatable bonds is 6. The van der Waals surface area contributed by atoms with Crippen LogP contribution in [0.5, 0.6) is 0 Å². The lowest BCUT2D eigenvalue weighted by Gasteiger charge is -2.34. The Labute approximate surface area is 170 Å². The van der Waals surface area contributed by atoms with Crippen LogP contribution in [0.4, 0.5) is 0 Å². The van der Waals surface area contributed by atoms with Crippen LogP contribution in [-0.2, 0) is 28.4 Å².